The number of carbonyl (C=O) groups is 1. The largest absolute Gasteiger partial charge is 0.494 e. The van der Waals surface area contributed by atoms with Gasteiger partial charge in [0.15, 0.2) is 0 Å². The quantitative estimate of drug-likeness (QED) is 0.745. The number of nitrogens with two attached hydrogens (primary N) is 1. The Morgan fingerprint density at radius 2 is 2.14 bits per heavy atom. The first kappa shape index (κ1) is 17.7. The lowest BCUT2D eigenvalue weighted by Gasteiger charge is -2.29. The first-order valence-corrected chi connectivity index (χ1v) is 9.95. The number of aromatic nitrogens is 1. The zero-order valence-corrected chi connectivity index (χ0v) is 15.9. The van der Waals surface area contributed by atoms with E-state index in [0.717, 1.165) is 49.7 Å². The summed E-state index contributed by atoms with van der Waals surface area (Å²) in [4.78, 5) is 24.4. The van der Waals surface area contributed by atoms with Crippen LogP contribution in [0, 0.1) is 0 Å². The Bertz CT molecular complexity index is 1030. The zero-order chi connectivity index (χ0) is 19.6. The van der Waals surface area contributed by atoms with Crippen molar-refractivity contribution in [3.63, 3.8) is 0 Å². The SMILES string of the molecule is COc1c(C2CC23CCC(N)CN3)ccc2c(=O)c(C(=O)O)cn(C3CC3)c12. The molecule has 3 unspecified atom stereocenters. The number of fused-ring (bicyclic) bond motifs is 1. The molecule has 4 N–H and O–H groups in total. The van der Waals surface area contributed by atoms with Crippen LogP contribution in [0.3, 0.4) is 0 Å². The number of carboxylic acids is 1. The summed E-state index contributed by atoms with van der Waals surface area (Å²) in [5.74, 6) is -0.161. The van der Waals surface area contributed by atoms with Crippen LogP contribution in [0.1, 0.15) is 60.0 Å². The van der Waals surface area contributed by atoms with Crippen molar-refractivity contribution in [1.82, 2.24) is 9.88 Å². The van der Waals surface area contributed by atoms with Crippen LogP contribution in [0.15, 0.2) is 23.1 Å². The zero-order valence-electron chi connectivity index (χ0n) is 15.9. The van der Waals surface area contributed by atoms with Gasteiger partial charge in [-0.15, -0.1) is 0 Å². The highest BCUT2D eigenvalue weighted by molar-refractivity contribution is 5.95. The number of rotatable bonds is 4. The van der Waals surface area contributed by atoms with Gasteiger partial charge in [0.25, 0.3) is 0 Å². The highest BCUT2D eigenvalue weighted by Crippen LogP contribution is 2.58. The normalized spacial score (nSPS) is 29.2. The molecule has 1 spiro atoms. The lowest BCUT2D eigenvalue weighted by atomic mass is 9.94. The van der Waals surface area contributed by atoms with E-state index in [0.29, 0.717) is 17.1 Å². The number of methoxy groups -OCH3 is 1. The van der Waals surface area contributed by atoms with Gasteiger partial charge in [-0.2, -0.15) is 0 Å². The van der Waals surface area contributed by atoms with E-state index in [1.54, 1.807) is 13.2 Å². The second-order valence-corrected chi connectivity index (χ2v) is 8.49. The number of benzene rings is 1. The first-order valence-electron chi connectivity index (χ1n) is 9.95. The molecule has 2 heterocycles. The van der Waals surface area contributed by atoms with Crippen LogP contribution in [0.5, 0.6) is 5.75 Å². The molecular formula is C21H25N3O4. The monoisotopic (exact) mass is 383 g/mol. The number of pyridine rings is 1. The average Bonchev–Trinajstić information content (AvgIpc) is 3.60. The van der Waals surface area contributed by atoms with Crippen molar-refractivity contribution < 1.29 is 14.6 Å². The number of carboxylic acid groups (broad SMARTS) is 1. The van der Waals surface area contributed by atoms with Crippen molar-refractivity contribution >= 4 is 16.9 Å². The van der Waals surface area contributed by atoms with Crippen molar-refractivity contribution in [2.24, 2.45) is 5.73 Å². The Morgan fingerprint density at radius 1 is 1.36 bits per heavy atom. The van der Waals surface area contributed by atoms with Crippen molar-refractivity contribution in [2.45, 2.75) is 55.6 Å². The third kappa shape index (κ3) is 2.57. The molecule has 7 nitrogen and oxygen atoms in total. The van der Waals surface area contributed by atoms with E-state index in [1.165, 1.54) is 6.20 Å². The van der Waals surface area contributed by atoms with Gasteiger partial charge in [-0.3, -0.25) is 4.79 Å². The molecule has 3 aliphatic rings. The van der Waals surface area contributed by atoms with Gasteiger partial charge < -0.3 is 25.5 Å². The molecule has 0 bridgehead atoms. The van der Waals surface area contributed by atoms with E-state index in [4.69, 9.17) is 10.5 Å². The molecule has 2 saturated carbocycles. The Morgan fingerprint density at radius 3 is 2.75 bits per heavy atom. The van der Waals surface area contributed by atoms with Gasteiger partial charge in [0.1, 0.15) is 11.3 Å². The summed E-state index contributed by atoms with van der Waals surface area (Å²) in [6.07, 6.45) is 6.54. The smallest absolute Gasteiger partial charge is 0.341 e. The van der Waals surface area contributed by atoms with Crippen LogP contribution in [-0.4, -0.2) is 40.9 Å². The average molecular weight is 383 g/mol. The summed E-state index contributed by atoms with van der Waals surface area (Å²) in [7, 11) is 1.63. The number of hydrogen-bond donors (Lipinski definition) is 3. The molecule has 3 atom stereocenters. The topological polar surface area (TPSA) is 107 Å². The van der Waals surface area contributed by atoms with Gasteiger partial charge in [0.05, 0.1) is 18.0 Å². The molecule has 1 aliphatic heterocycles. The third-order valence-electron chi connectivity index (χ3n) is 6.68. The summed E-state index contributed by atoms with van der Waals surface area (Å²) in [5, 5.41) is 13.5. The summed E-state index contributed by atoms with van der Waals surface area (Å²) in [5.41, 5.74) is 7.31. The highest BCUT2D eigenvalue weighted by Gasteiger charge is 2.56. The minimum atomic E-state index is -1.19. The maximum atomic E-state index is 12.8. The maximum absolute atomic E-state index is 12.8. The van der Waals surface area contributed by atoms with Crippen LogP contribution in [0.2, 0.25) is 0 Å². The number of ether oxygens (including phenoxy) is 1. The van der Waals surface area contributed by atoms with Gasteiger partial charge in [-0.05, 0) is 38.2 Å². The summed E-state index contributed by atoms with van der Waals surface area (Å²) in [6, 6.07) is 4.16. The minimum Gasteiger partial charge on any atom is -0.494 e. The predicted molar refractivity (Wildman–Crippen MR) is 105 cm³/mol. The molecule has 7 heteroatoms. The fraction of sp³-hybridized carbons (Fsp3) is 0.524. The Kier molecular flexibility index (Phi) is 3.83. The van der Waals surface area contributed by atoms with Crippen molar-refractivity contribution in [3.8, 4) is 5.75 Å². The number of piperidine rings is 1. The van der Waals surface area contributed by atoms with Crippen molar-refractivity contribution in [1.29, 1.82) is 0 Å². The maximum Gasteiger partial charge on any atom is 0.341 e. The molecule has 28 heavy (non-hydrogen) atoms. The van der Waals surface area contributed by atoms with E-state index >= 15 is 0 Å². The highest BCUT2D eigenvalue weighted by atomic mass is 16.5. The van der Waals surface area contributed by atoms with Crippen molar-refractivity contribution in [2.75, 3.05) is 13.7 Å². The molecular weight excluding hydrogens is 358 g/mol. The molecule has 1 aromatic carbocycles. The molecule has 148 valence electrons. The molecule has 0 amide bonds. The fourth-order valence-corrected chi connectivity index (χ4v) is 4.87. The Labute approximate surface area is 162 Å². The second kappa shape index (κ2) is 6.06. The van der Waals surface area contributed by atoms with Crippen LogP contribution in [0.25, 0.3) is 10.9 Å². The van der Waals surface area contributed by atoms with Gasteiger partial charge in [0.2, 0.25) is 5.43 Å². The van der Waals surface area contributed by atoms with E-state index in [-0.39, 0.29) is 23.2 Å². The van der Waals surface area contributed by atoms with Crippen LogP contribution in [-0.2, 0) is 0 Å². The summed E-state index contributed by atoms with van der Waals surface area (Å²) >= 11 is 0. The first-order chi connectivity index (χ1) is 13.4. The van der Waals surface area contributed by atoms with Crippen LogP contribution in [0.4, 0.5) is 0 Å². The van der Waals surface area contributed by atoms with Crippen molar-refractivity contribution in [3.05, 3.63) is 39.7 Å². The van der Waals surface area contributed by atoms with E-state index < -0.39 is 11.4 Å². The molecule has 1 saturated heterocycles. The number of nitrogens with zero attached hydrogens (tertiary/aromatic N) is 1. The molecule has 0 radical (unpaired) electrons. The van der Waals surface area contributed by atoms with Gasteiger partial charge in [0, 0.05) is 41.8 Å². The molecule has 5 rings (SSSR count). The molecule has 1 aromatic heterocycles. The van der Waals surface area contributed by atoms with Gasteiger partial charge >= 0.3 is 5.97 Å². The Balaban J connectivity index is 1.67. The third-order valence-corrected chi connectivity index (χ3v) is 6.68. The molecule has 3 fully saturated rings. The Hall–Kier alpha value is -2.38. The lowest BCUT2D eigenvalue weighted by molar-refractivity contribution is 0.0695. The minimum absolute atomic E-state index is 0.0720. The van der Waals surface area contributed by atoms with Gasteiger partial charge in [-0.1, -0.05) is 6.07 Å². The van der Waals surface area contributed by atoms with E-state index in [2.05, 4.69) is 5.32 Å². The van der Waals surface area contributed by atoms with E-state index in [9.17, 15) is 14.7 Å². The number of aromatic carboxylic acids is 1. The predicted octanol–water partition coefficient (Wildman–Crippen LogP) is 1.98. The van der Waals surface area contributed by atoms with Crippen LogP contribution >= 0.6 is 0 Å². The van der Waals surface area contributed by atoms with Gasteiger partial charge in [-0.25, -0.2) is 4.79 Å². The summed E-state index contributed by atoms with van der Waals surface area (Å²) < 4.78 is 7.78. The number of nitrogens with one attached hydrogen (secondary N) is 1. The van der Waals surface area contributed by atoms with Crippen LogP contribution < -0.4 is 21.2 Å². The lowest BCUT2D eigenvalue weighted by Crippen LogP contribution is -2.47. The molecule has 2 aromatic rings. The van der Waals surface area contributed by atoms with E-state index in [1.807, 2.05) is 10.6 Å². The summed E-state index contributed by atoms with van der Waals surface area (Å²) in [6.45, 7) is 0.821. The molecule has 2 aliphatic carbocycles. The fourth-order valence-electron chi connectivity index (χ4n) is 4.87. The number of hydrogen-bond acceptors (Lipinski definition) is 5. The second-order valence-electron chi connectivity index (χ2n) is 8.49. The standard InChI is InChI=1S/C21H25N3O4/c1-28-19-13(16-8-21(16)7-6-11(22)9-23-21)4-5-14-17(19)24(12-2-3-12)10-15(18(14)25)20(26)27/h4-5,10-12,16,23H,2-3,6-9,22H2,1H3,(H,26,27).